The molecule has 80 valence electrons. The highest BCUT2D eigenvalue weighted by Crippen LogP contribution is 1.99. The summed E-state index contributed by atoms with van der Waals surface area (Å²) < 4.78 is 1.88. The largest absolute Gasteiger partial charge is 0.308 e. The van der Waals surface area contributed by atoms with E-state index < -0.39 is 0 Å². The van der Waals surface area contributed by atoms with Gasteiger partial charge in [0.15, 0.2) is 0 Å². The second-order valence-corrected chi connectivity index (χ2v) is 3.95. The number of aromatic nitrogens is 3. The quantitative estimate of drug-likeness (QED) is 0.666. The van der Waals surface area contributed by atoms with E-state index in [9.17, 15) is 0 Å². The molecule has 0 radical (unpaired) electrons. The van der Waals surface area contributed by atoms with Crippen molar-refractivity contribution in [2.45, 2.75) is 19.4 Å². The van der Waals surface area contributed by atoms with E-state index in [2.05, 4.69) is 15.2 Å². The van der Waals surface area contributed by atoms with Crippen LogP contribution in [0, 0.1) is 0 Å². The zero-order valence-electron chi connectivity index (χ0n) is 8.78. The molecule has 0 aliphatic heterocycles. The molecule has 0 atom stereocenters. The van der Waals surface area contributed by atoms with Gasteiger partial charge in [-0.3, -0.25) is 4.68 Å². The Hall–Kier alpha value is -0.610. The van der Waals surface area contributed by atoms with Gasteiger partial charge in [-0.1, -0.05) is 5.21 Å². The maximum absolute atomic E-state index is 5.60. The van der Waals surface area contributed by atoms with E-state index in [1.807, 2.05) is 25.0 Å². The van der Waals surface area contributed by atoms with Crippen LogP contribution in [0.25, 0.3) is 0 Å². The highest BCUT2D eigenvalue weighted by atomic mass is 35.5. The zero-order chi connectivity index (χ0) is 10.4. The van der Waals surface area contributed by atoms with Gasteiger partial charge in [0.05, 0.1) is 12.2 Å². The second-order valence-electron chi connectivity index (χ2n) is 3.57. The number of likely N-dealkylation sites (N-methyl/N-ethyl adjacent to an activating group) is 1. The van der Waals surface area contributed by atoms with Crippen molar-refractivity contribution in [2.75, 3.05) is 26.5 Å². The Morgan fingerprint density at radius 3 is 2.93 bits per heavy atom. The number of hydrogen-bond donors (Lipinski definition) is 0. The van der Waals surface area contributed by atoms with Crippen LogP contribution in [-0.2, 0) is 13.0 Å². The summed E-state index contributed by atoms with van der Waals surface area (Å²) in [5, 5.41) is 8.11. The lowest BCUT2D eigenvalue weighted by molar-refractivity contribution is 0.370. The molecule has 0 bridgehead atoms. The summed E-state index contributed by atoms with van der Waals surface area (Å²) in [5.74, 6) is 0.685. The first-order valence-electron chi connectivity index (χ1n) is 4.82. The third kappa shape index (κ3) is 4.07. The molecule has 0 saturated carbocycles. The van der Waals surface area contributed by atoms with Crippen molar-refractivity contribution >= 4 is 11.6 Å². The SMILES string of the molecule is CN(C)CCn1cc(CCCCl)nn1. The van der Waals surface area contributed by atoms with Crippen molar-refractivity contribution in [2.24, 2.45) is 0 Å². The number of alkyl halides is 1. The van der Waals surface area contributed by atoms with Gasteiger partial charge in [0.2, 0.25) is 0 Å². The molecule has 14 heavy (non-hydrogen) atoms. The molecular formula is C9H17ClN4. The summed E-state index contributed by atoms with van der Waals surface area (Å²) in [5.41, 5.74) is 1.03. The van der Waals surface area contributed by atoms with Gasteiger partial charge >= 0.3 is 0 Å². The van der Waals surface area contributed by atoms with Crippen molar-refractivity contribution in [1.82, 2.24) is 19.9 Å². The standard InChI is InChI=1S/C9H17ClN4/c1-13(2)6-7-14-8-9(11-12-14)4-3-5-10/h8H,3-7H2,1-2H3. The van der Waals surface area contributed by atoms with E-state index in [-0.39, 0.29) is 0 Å². The van der Waals surface area contributed by atoms with Crippen LogP contribution in [0.3, 0.4) is 0 Å². The molecule has 0 aromatic carbocycles. The summed E-state index contributed by atoms with van der Waals surface area (Å²) in [6.07, 6.45) is 3.88. The van der Waals surface area contributed by atoms with Gasteiger partial charge in [-0.05, 0) is 26.9 Å². The van der Waals surface area contributed by atoms with E-state index in [1.54, 1.807) is 0 Å². The van der Waals surface area contributed by atoms with E-state index in [0.717, 1.165) is 31.6 Å². The Morgan fingerprint density at radius 2 is 2.29 bits per heavy atom. The smallest absolute Gasteiger partial charge is 0.0827 e. The number of halogens is 1. The van der Waals surface area contributed by atoms with Crippen LogP contribution in [0.4, 0.5) is 0 Å². The fourth-order valence-electron chi connectivity index (χ4n) is 1.11. The maximum Gasteiger partial charge on any atom is 0.0827 e. The Kier molecular flexibility index (Phi) is 4.90. The number of aryl methyl sites for hydroxylation is 1. The molecule has 5 heteroatoms. The molecule has 1 aromatic rings. The Morgan fingerprint density at radius 1 is 1.50 bits per heavy atom. The Labute approximate surface area is 89.8 Å². The molecule has 0 spiro atoms. The lowest BCUT2D eigenvalue weighted by Gasteiger charge is -2.07. The molecule has 1 heterocycles. The summed E-state index contributed by atoms with van der Waals surface area (Å²) >= 11 is 5.60. The van der Waals surface area contributed by atoms with Gasteiger partial charge in [-0.25, -0.2) is 0 Å². The van der Waals surface area contributed by atoms with Crippen LogP contribution < -0.4 is 0 Å². The van der Waals surface area contributed by atoms with Crippen LogP contribution in [0.5, 0.6) is 0 Å². The number of rotatable bonds is 6. The van der Waals surface area contributed by atoms with Crippen molar-refractivity contribution in [1.29, 1.82) is 0 Å². The van der Waals surface area contributed by atoms with Crippen LogP contribution in [-0.4, -0.2) is 46.4 Å². The Balaban J connectivity index is 2.35. The average molecular weight is 217 g/mol. The van der Waals surface area contributed by atoms with Crippen LogP contribution in [0.2, 0.25) is 0 Å². The molecule has 1 aromatic heterocycles. The van der Waals surface area contributed by atoms with Gasteiger partial charge in [0, 0.05) is 18.6 Å². The minimum atomic E-state index is 0.685. The topological polar surface area (TPSA) is 34.0 Å². The van der Waals surface area contributed by atoms with Crippen LogP contribution in [0.15, 0.2) is 6.20 Å². The minimum absolute atomic E-state index is 0.685. The summed E-state index contributed by atoms with van der Waals surface area (Å²) in [4.78, 5) is 2.13. The van der Waals surface area contributed by atoms with Gasteiger partial charge in [0.1, 0.15) is 0 Å². The van der Waals surface area contributed by atoms with Gasteiger partial charge < -0.3 is 4.90 Å². The van der Waals surface area contributed by atoms with Gasteiger partial charge in [-0.15, -0.1) is 16.7 Å². The third-order valence-electron chi connectivity index (χ3n) is 1.93. The monoisotopic (exact) mass is 216 g/mol. The van der Waals surface area contributed by atoms with E-state index >= 15 is 0 Å². The maximum atomic E-state index is 5.60. The van der Waals surface area contributed by atoms with E-state index in [4.69, 9.17) is 11.6 Å². The van der Waals surface area contributed by atoms with Gasteiger partial charge in [-0.2, -0.15) is 0 Å². The highest BCUT2D eigenvalue weighted by molar-refractivity contribution is 6.17. The fourth-order valence-corrected chi connectivity index (χ4v) is 1.25. The molecule has 0 aliphatic rings. The van der Waals surface area contributed by atoms with Crippen LogP contribution in [0.1, 0.15) is 12.1 Å². The first-order chi connectivity index (χ1) is 6.72. The lowest BCUT2D eigenvalue weighted by atomic mass is 10.3. The molecule has 0 aliphatic carbocycles. The van der Waals surface area contributed by atoms with Gasteiger partial charge in [0.25, 0.3) is 0 Å². The summed E-state index contributed by atoms with van der Waals surface area (Å²) in [6.45, 7) is 1.87. The predicted octanol–water partition coefficient (Wildman–Crippen LogP) is 1.01. The molecular weight excluding hydrogens is 200 g/mol. The summed E-state index contributed by atoms with van der Waals surface area (Å²) in [6, 6.07) is 0. The molecule has 0 unspecified atom stereocenters. The Bertz CT molecular complexity index is 259. The molecule has 0 saturated heterocycles. The minimum Gasteiger partial charge on any atom is -0.308 e. The zero-order valence-corrected chi connectivity index (χ0v) is 9.54. The summed E-state index contributed by atoms with van der Waals surface area (Å²) in [7, 11) is 4.09. The highest BCUT2D eigenvalue weighted by Gasteiger charge is 2.00. The average Bonchev–Trinajstić information content (AvgIpc) is 2.59. The lowest BCUT2D eigenvalue weighted by Crippen LogP contribution is -2.18. The third-order valence-corrected chi connectivity index (χ3v) is 2.20. The molecule has 0 fully saturated rings. The normalized spacial score (nSPS) is 11.1. The number of hydrogen-bond acceptors (Lipinski definition) is 3. The van der Waals surface area contributed by atoms with Crippen molar-refractivity contribution in [3.8, 4) is 0 Å². The van der Waals surface area contributed by atoms with Crippen molar-refractivity contribution in [3.05, 3.63) is 11.9 Å². The molecule has 0 amide bonds. The number of nitrogens with zero attached hydrogens (tertiary/aromatic N) is 4. The fraction of sp³-hybridized carbons (Fsp3) is 0.778. The van der Waals surface area contributed by atoms with E-state index in [1.165, 1.54) is 0 Å². The van der Waals surface area contributed by atoms with Crippen molar-refractivity contribution in [3.63, 3.8) is 0 Å². The predicted molar refractivity (Wildman–Crippen MR) is 57.6 cm³/mol. The first kappa shape index (κ1) is 11.5. The molecule has 4 nitrogen and oxygen atoms in total. The van der Waals surface area contributed by atoms with E-state index in [0.29, 0.717) is 5.88 Å². The second kappa shape index (κ2) is 5.98. The molecule has 1 rings (SSSR count). The molecule has 0 N–H and O–H groups in total. The van der Waals surface area contributed by atoms with Crippen molar-refractivity contribution < 1.29 is 0 Å². The van der Waals surface area contributed by atoms with Crippen LogP contribution >= 0.6 is 11.6 Å². The first-order valence-corrected chi connectivity index (χ1v) is 5.35.